The number of aliphatic hydroxyl groups excluding tert-OH is 1. The number of nitrogens with two attached hydrogens (primary N) is 1. The lowest BCUT2D eigenvalue weighted by molar-refractivity contribution is 0.299. The van der Waals surface area contributed by atoms with Gasteiger partial charge in [0.05, 0.1) is 42.2 Å². The molecule has 0 aliphatic heterocycles. The number of benzene rings is 1. The first-order valence-electron chi connectivity index (χ1n) is 12.7. The molecule has 0 spiro atoms. The molecule has 9 nitrogen and oxygen atoms in total. The summed E-state index contributed by atoms with van der Waals surface area (Å²) in [5, 5.41) is 18.7. The number of allylic oxidation sites excluding steroid dienone is 1. The van der Waals surface area contributed by atoms with Crippen LogP contribution in [0.5, 0.6) is 5.75 Å². The molecule has 1 aromatic carbocycles. The first-order chi connectivity index (χ1) is 18.3. The number of hydrogen-bond donors (Lipinski definition) is 3. The number of nitrogens with one attached hydrogen (secondary N) is 1. The second-order valence-corrected chi connectivity index (χ2v) is 9.54. The van der Waals surface area contributed by atoms with Crippen molar-refractivity contribution < 1.29 is 9.84 Å². The van der Waals surface area contributed by atoms with Gasteiger partial charge in [-0.25, -0.2) is 14.6 Å². The van der Waals surface area contributed by atoms with Crippen LogP contribution in [0.4, 0.5) is 5.82 Å². The highest BCUT2D eigenvalue weighted by atomic mass is 35.5. The molecule has 0 amide bonds. The van der Waals surface area contributed by atoms with E-state index in [0.29, 0.717) is 28.8 Å². The van der Waals surface area contributed by atoms with Gasteiger partial charge in [-0.15, -0.1) is 0 Å². The largest absolute Gasteiger partial charge is 0.496 e. The van der Waals surface area contributed by atoms with E-state index in [4.69, 9.17) is 27.2 Å². The third-order valence-corrected chi connectivity index (χ3v) is 7.00. The van der Waals surface area contributed by atoms with Crippen molar-refractivity contribution in [3.63, 3.8) is 0 Å². The Morgan fingerprint density at radius 3 is 2.76 bits per heavy atom. The number of nitrogens with zero attached hydrogens (tertiary/aromatic N) is 5. The van der Waals surface area contributed by atoms with Gasteiger partial charge in [-0.3, -0.25) is 4.98 Å². The average molecular weight is 536 g/mol. The van der Waals surface area contributed by atoms with Gasteiger partial charge in [0.25, 0.3) is 0 Å². The topological polar surface area (TPSA) is 124 Å². The molecule has 38 heavy (non-hydrogen) atoms. The van der Waals surface area contributed by atoms with Crippen LogP contribution in [-0.4, -0.2) is 50.1 Å². The van der Waals surface area contributed by atoms with Gasteiger partial charge in [-0.1, -0.05) is 31.0 Å². The Morgan fingerprint density at radius 2 is 2.05 bits per heavy atom. The predicted octanol–water partition coefficient (Wildman–Crippen LogP) is 5.08. The van der Waals surface area contributed by atoms with Crippen LogP contribution in [0.1, 0.15) is 55.2 Å². The highest BCUT2D eigenvalue weighted by Crippen LogP contribution is 2.43. The number of aromatic nitrogens is 5. The maximum atomic E-state index is 9.35. The van der Waals surface area contributed by atoms with Gasteiger partial charge < -0.3 is 20.9 Å². The molecule has 0 radical (unpaired) electrons. The van der Waals surface area contributed by atoms with E-state index in [0.717, 1.165) is 57.6 Å². The molecule has 0 aliphatic carbocycles. The standard InChI is InChI=1S/C28H34ClN7O2/c1-6-7-8-22(32-11-12-37)23-13-19(9-10-31-23)24-16(2)21(29)14-20(26(24)38-5)18(4)36-28-25(17(3)35-36)27(30)33-15-34-28/h8-10,13-15,18,32,37H,6-7,11-12H2,1-5H3,(H2,30,33,34)/b22-8+. The van der Waals surface area contributed by atoms with Crippen molar-refractivity contribution in [1.29, 1.82) is 0 Å². The Labute approximate surface area is 227 Å². The van der Waals surface area contributed by atoms with E-state index in [2.05, 4.69) is 33.3 Å². The molecule has 3 aromatic heterocycles. The van der Waals surface area contributed by atoms with Crippen LogP contribution < -0.4 is 15.8 Å². The fraction of sp³-hybridized carbons (Fsp3) is 0.357. The normalized spacial score (nSPS) is 12.7. The summed E-state index contributed by atoms with van der Waals surface area (Å²) in [5.41, 5.74) is 12.7. The van der Waals surface area contributed by atoms with Crippen molar-refractivity contribution in [3.05, 3.63) is 64.3 Å². The molecule has 1 unspecified atom stereocenters. The average Bonchev–Trinajstić information content (AvgIpc) is 3.27. The summed E-state index contributed by atoms with van der Waals surface area (Å²) in [6.45, 7) is 8.49. The maximum absolute atomic E-state index is 9.35. The molecule has 0 saturated heterocycles. The Kier molecular flexibility index (Phi) is 8.48. The van der Waals surface area contributed by atoms with Gasteiger partial charge in [0.2, 0.25) is 0 Å². The number of halogens is 1. The van der Waals surface area contributed by atoms with Crippen LogP contribution >= 0.6 is 11.6 Å². The van der Waals surface area contributed by atoms with E-state index in [1.807, 2.05) is 43.7 Å². The van der Waals surface area contributed by atoms with Crippen LogP contribution in [0.15, 0.2) is 36.8 Å². The van der Waals surface area contributed by atoms with Gasteiger partial charge >= 0.3 is 0 Å². The smallest absolute Gasteiger partial charge is 0.164 e. The van der Waals surface area contributed by atoms with Crippen LogP contribution in [0.3, 0.4) is 0 Å². The molecule has 10 heteroatoms. The minimum atomic E-state index is -0.264. The number of anilines is 1. The first kappa shape index (κ1) is 27.3. The van der Waals surface area contributed by atoms with E-state index >= 15 is 0 Å². The van der Waals surface area contributed by atoms with Crippen molar-refractivity contribution in [2.75, 3.05) is 26.0 Å². The van der Waals surface area contributed by atoms with Crippen molar-refractivity contribution >= 4 is 34.1 Å². The van der Waals surface area contributed by atoms with Gasteiger partial charge in [0.15, 0.2) is 5.65 Å². The third kappa shape index (κ3) is 5.16. The molecule has 4 rings (SSSR count). The number of unbranched alkanes of at least 4 members (excludes halogenated alkanes) is 1. The summed E-state index contributed by atoms with van der Waals surface area (Å²) in [4.78, 5) is 13.2. The van der Waals surface area contributed by atoms with Gasteiger partial charge in [0, 0.05) is 28.9 Å². The monoisotopic (exact) mass is 535 g/mol. The molecule has 4 aromatic rings. The minimum Gasteiger partial charge on any atom is -0.496 e. The molecular weight excluding hydrogens is 502 g/mol. The lowest BCUT2D eigenvalue weighted by Gasteiger charge is -2.22. The number of pyridine rings is 1. The van der Waals surface area contributed by atoms with Crippen LogP contribution in [-0.2, 0) is 0 Å². The minimum absolute atomic E-state index is 0.0315. The molecule has 1 atom stereocenters. The third-order valence-electron chi connectivity index (χ3n) is 6.61. The molecule has 3 heterocycles. The van der Waals surface area contributed by atoms with E-state index in [1.165, 1.54) is 6.33 Å². The number of aryl methyl sites for hydroxylation is 1. The first-order valence-corrected chi connectivity index (χ1v) is 13.0. The number of hydrogen-bond acceptors (Lipinski definition) is 8. The number of aliphatic hydroxyl groups is 1. The second kappa shape index (κ2) is 11.8. The fourth-order valence-corrected chi connectivity index (χ4v) is 4.89. The molecule has 0 saturated carbocycles. The highest BCUT2D eigenvalue weighted by molar-refractivity contribution is 6.32. The Balaban J connectivity index is 1.88. The fourth-order valence-electron chi connectivity index (χ4n) is 4.67. The molecule has 4 N–H and O–H groups in total. The van der Waals surface area contributed by atoms with Gasteiger partial charge in [-0.2, -0.15) is 5.10 Å². The Bertz CT molecular complexity index is 1480. The molecular formula is C28H34ClN7O2. The summed E-state index contributed by atoms with van der Waals surface area (Å²) >= 11 is 6.82. The summed E-state index contributed by atoms with van der Waals surface area (Å²) in [6, 6.07) is 5.63. The zero-order valence-corrected chi connectivity index (χ0v) is 23.2. The van der Waals surface area contributed by atoms with Crippen molar-refractivity contribution in [2.45, 2.75) is 46.6 Å². The summed E-state index contributed by atoms with van der Waals surface area (Å²) in [7, 11) is 1.66. The number of methoxy groups -OCH3 is 1. The number of rotatable bonds is 10. The summed E-state index contributed by atoms with van der Waals surface area (Å²) in [6.07, 6.45) is 7.23. The lowest BCUT2D eigenvalue weighted by Crippen LogP contribution is -2.17. The quantitative estimate of drug-likeness (QED) is 0.257. The lowest BCUT2D eigenvalue weighted by atomic mass is 9.93. The maximum Gasteiger partial charge on any atom is 0.164 e. The highest BCUT2D eigenvalue weighted by Gasteiger charge is 2.25. The van der Waals surface area contributed by atoms with Crippen molar-refractivity contribution in [2.24, 2.45) is 0 Å². The van der Waals surface area contributed by atoms with Crippen LogP contribution in [0, 0.1) is 13.8 Å². The predicted molar refractivity (Wildman–Crippen MR) is 152 cm³/mol. The molecule has 0 aliphatic rings. The Hall–Kier alpha value is -3.69. The second-order valence-electron chi connectivity index (χ2n) is 9.13. The zero-order valence-electron chi connectivity index (χ0n) is 22.4. The van der Waals surface area contributed by atoms with Gasteiger partial charge in [0.1, 0.15) is 17.9 Å². The molecule has 0 fully saturated rings. The number of ether oxygens (including phenoxy) is 1. The SMILES string of the molecule is CCC/C=C(/NCCO)c1cc(-c2c(C)c(Cl)cc(C(C)n3nc(C)c4c(N)ncnc43)c2OC)ccn1. The van der Waals surface area contributed by atoms with Crippen LogP contribution in [0.2, 0.25) is 5.02 Å². The zero-order chi connectivity index (χ0) is 27.4. The number of fused-ring (bicyclic) bond motifs is 1. The number of nitrogen functional groups attached to an aromatic ring is 1. The van der Waals surface area contributed by atoms with Crippen molar-refractivity contribution in [1.82, 2.24) is 30.0 Å². The van der Waals surface area contributed by atoms with Crippen LogP contribution in [0.25, 0.3) is 27.9 Å². The van der Waals surface area contributed by atoms with E-state index in [1.54, 1.807) is 13.3 Å². The van der Waals surface area contributed by atoms with Crippen molar-refractivity contribution in [3.8, 4) is 16.9 Å². The molecule has 0 bridgehead atoms. The molecule has 200 valence electrons. The van der Waals surface area contributed by atoms with E-state index in [-0.39, 0.29) is 12.6 Å². The summed E-state index contributed by atoms with van der Waals surface area (Å²) < 4.78 is 7.87. The summed E-state index contributed by atoms with van der Waals surface area (Å²) in [5.74, 6) is 1.09. The van der Waals surface area contributed by atoms with E-state index < -0.39 is 0 Å². The van der Waals surface area contributed by atoms with Gasteiger partial charge in [-0.05, 0) is 56.5 Å². The Morgan fingerprint density at radius 1 is 1.26 bits per heavy atom. The van der Waals surface area contributed by atoms with E-state index in [9.17, 15) is 5.11 Å².